The summed E-state index contributed by atoms with van der Waals surface area (Å²) >= 11 is 0. The van der Waals surface area contributed by atoms with Crippen molar-refractivity contribution in [1.29, 1.82) is 0 Å². The summed E-state index contributed by atoms with van der Waals surface area (Å²) in [6.07, 6.45) is 0.445. The van der Waals surface area contributed by atoms with E-state index >= 15 is 0 Å². The molecule has 0 aromatic heterocycles. The molecule has 0 bridgehead atoms. The van der Waals surface area contributed by atoms with Crippen LogP contribution >= 0.6 is 0 Å². The first kappa shape index (κ1) is 11.9. The Labute approximate surface area is 75.6 Å². The molecule has 12 heavy (non-hydrogen) atoms. The molecule has 0 saturated heterocycles. The summed E-state index contributed by atoms with van der Waals surface area (Å²) in [7, 11) is 0. The highest BCUT2D eigenvalue weighted by Crippen LogP contribution is 2.00. The van der Waals surface area contributed by atoms with Crippen LogP contribution in [0.1, 0.15) is 27.2 Å². The van der Waals surface area contributed by atoms with Gasteiger partial charge in [0.15, 0.2) is 0 Å². The Morgan fingerprint density at radius 2 is 2.00 bits per heavy atom. The van der Waals surface area contributed by atoms with Gasteiger partial charge in [0.1, 0.15) is 0 Å². The van der Waals surface area contributed by atoms with Gasteiger partial charge in [0, 0.05) is 19.1 Å². The van der Waals surface area contributed by atoms with E-state index in [1.165, 1.54) is 0 Å². The summed E-state index contributed by atoms with van der Waals surface area (Å²) in [5.41, 5.74) is 5.31. The van der Waals surface area contributed by atoms with Gasteiger partial charge in [-0.25, -0.2) is 0 Å². The Morgan fingerprint density at radius 1 is 1.42 bits per heavy atom. The minimum Gasteiger partial charge on any atom is -0.392 e. The standard InChI is InChI=1S/C9H22N2O/c1-4-11(8(2)3)6-5-9(12)7-10/h8-9,12H,4-7,10H2,1-3H3. The van der Waals surface area contributed by atoms with Gasteiger partial charge in [-0.3, -0.25) is 0 Å². The van der Waals surface area contributed by atoms with Gasteiger partial charge in [0.2, 0.25) is 0 Å². The number of nitrogens with zero attached hydrogens (tertiary/aromatic N) is 1. The predicted molar refractivity (Wildman–Crippen MR) is 52.1 cm³/mol. The molecule has 74 valence electrons. The minimum absolute atomic E-state index is 0.335. The summed E-state index contributed by atoms with van der Waals surface area (Å²) in [4.78, 5) is 2.32. The number of rotatable bonds is 6. The third kappa shape index (κ3) is 4.70. The van der Waals surface area contributed by atoms with E-state index in [2.05, 4.69) is 25.7 Å². The fraction of sp³-hybridized carbons (Fsp3) is 1.00. The van der Waals surface area contributed by atoms with Crippen molar-refractivity contribution in [2.45, 2.75) is 39.3 Å². The van der Waals surface area contributed by atoms with E-state index in [-0.39, 0.29) is 6.10 Å². The molecule has 0 spiro atoms. The number of aliphatic hydroxyl groups is 1. The van der Waals surface area contributed by atoms with Crippen LogP contribution in [0.15, 0.2) is 0 Å². The van der Waals surface area contributed by atoms with Crippen molar-refractivity contribution in [3.05, 3.63) is 0 Å². The highest BCUT2D eigenvalue weighted by Gasteiger charge is 2.08. The van der Waals surface area contributed by atoms with Crippen LogP contribution in [-0.2, 0) is 0 Å². The van der Waals surface area contributed by atoms with Gasteiger partial charge in [0.05, 0.1) is 6.10 Å². The molecule has 0 amide bonds. The fourth-order valence-corrected chi connectivity index (χ4v) is 1.21. The first-order chi connectivity index (χ1) is 5.61. The topological polar surface area (TPSA) is 49.5 Å². The lowest BCUT2D eigenvalue weighted by Gasteiger charge is -2.25. The molecule has 0 heterocycles. The maximum absolute atomic E-state index is 9.23. The van der Waals surface area contributed by atoms with E-state index < -0.39 is 0 Å². The molecule has 1 unspecified atom stereocenters. The van der Waals surface area contributed by atoms with Crippen LogP contribution in [0.25, 0.3) is 0 Å². The van der Waals surface area contributed by atoms with Crippen molar-refractivity contribution >= 4 is 0 Å². The third-order valence-electron chi connectivity index (χ3n) is 2.16. The van der Waals surface area contributed by atoms with Gasteiger partial charge in [-0.05, 0) is 26.8 Å². The Morgan fingerprint density at radius 3 is 2.33 bits per heavy atom. The Bertz CT molecular complexity index is 107. The van der Waals surface area contributed by atoms with Gasteiger partial charge in [0.25, 0.3) is 0 Å². The van der Waals surface area contributed by atoms with E-state index in [1.807, 2.05) is 0 Å². The molecule has 3 heteroatoms. The third-order valence-corrected chi connectivity index (χ3v) is 2.16. The molecule has 0 rings (SSSR count). The Hall–Kier alpha value is -0.120. The highest BCUT2D eigenvalue weighted by molar-refractivity contribution is 4.64. The predicted octanol–water partition coefficient (Wildman–Crippen LogP) is 0.426. The van der Waals surface area contributed by atoms with Crippen molar-refractivity contribution in [3.63, 3.8) is 0 Å². The SMILES string of the molecule is CCN(CCC(O)CN)C(C)C. The molecule has 0 fully saturated rings. The molecule has 1 atom stereocenters. The van der Waals surface area contributed by atoms with Gasteiger partial charge >= 0.3 is 0 Å². The first-order valence-corrected chi connectivity index (χ1v) is 4.74. The zero-order chi connectivity index (χ0) is 9.56. The van der Waals surface area contributed by atoms with E-state index in [9.17, 15) is 5.11 Å². The van der Waals surface area contributed by atoms with E-state index in [1.54, 1.807) is 0 Å². The molecule has 3 N–H and O–H groups in total. The second-order valence-electron chi connectivity index (χ2n) is 3.40. The zero-order valence-electron chi connectivity index (χ0n) is 8.45. The van der Waals surface area contributed by atoms with Gasteiger partial charge < -0.3 is 15.7 Å². The lowest BCUT2D eigenvalue weighted by atomic mass is 10.2. The van der Waals surface area contributed by atoms with Crippen molar-refractivity contribution < 1.29 is 5.11 Å². The summed E-state index contributed by atoms with van der Waals surface area (Å²) in [6.45, 7) is 8.81. The minimum atomic E-state index is -0.335. The number of hydrogen-bond donors (Lipinski definition) is 2. The molecule has 0 saturated carbocycles. The van der Waals surface area contributed by atoms with Crippen LogP contribution in [0.4, 0.5) is 0 Å². The monoisotopic (exact) mass is 174 g/mol. The smallest absolute Gasteiger partial charge is 0.0674 e. The van der Waals surface area contributed by atoms with E-state index in [4.69, 9.17) is 5.73 Å². The zero-order valence-corrected chi connectivity index (χ0v) is 8.45. The highest BCUT2D eigenvalue weighted by atomic mass is 16.3. The normalized spacial score (nSPS) is 14.2. The van der Waals surface area contributed by atoms with Crippen molar-refractivity contribution in [3.8, 4) is 0 Å². The number of aliphatic hydroxyl groups excluding tert-OH is 1. The summed E-state index contributed by atoms with van der Waals surface area (Å²) in [5, 5.41) is 9.23. The van der Waals surface area contributed by atoms with Crippen molar-refractivity contribution in [1.82, 2.24) is 4.90 Å². The quantitative estimate of drug-likeness (QED) is 0.614. The molecule has 0 radical (unpaired) electrons. The van der Waals surface area contributed by atoms with E-state index in [0.717, 1.165) is 19.5 Å². The molecular weight excluding hydrogens is 152 g/mol. The van der Waals surface area contributed by atoms with Gasteiger partial charge in [-0.1, -0.05) is 6.92 Å². The lowest BCUT2D eigenvalue weighted by Crippen LogP contribution is -2.34. The molecule has 3 nitrogen and oxygen atoms in total. The molecular formula is C9H22N2O. The fourth-order valence-electron chi connectivity index (χ4n) is 1.21. The Kier molecular flexibility index (Phi) is 6.34. The van der Waals surface area contributed by atoms with Crippen LogP contribution in [0, 0.1) is 0 Å². The largest absolute Gasteiger partial charge is 0.392 e. The second kappa shape index (κ2) is 6.40. The molecule has 0 aliphatic heterocycles. The van der Waals surface area contributed by atoms with Crippen molar-refractivity contribution in [2.24, 2.45) is 5.73 Å². The van der Waals surface area contributed by atoms with Gasteiger partial charge in [-0.15, -0.1) is 0 Å². The lowest BCUT2D eigenvalue weighted by molar-refractivity contribution is 0.138. The molecule has 0 aromatic rings. The van der Waals surface area contributed by atoms with Crippen LogP contribution in [-0.4, -0.2) is 41.8 Å². The van der Waals surface area contributed by atoms with Crippen LogP contribution in [0.3, 0.4) is 0 Å². The molecule has 0 aliphatic rings. The average Bonchev–Trinajstić information content (AvgIpc) is 2.04. The summed E-state index contributed by atoms with van der Waals surface area (Å²) < 4.78 is 0. The molecule has 0 aliphatic carbocycles. The maximum Gasteiger partial charge on any atom is 0.0674 e. The first-order valence-electron chi connectivity index (χ1n) is 4.74. The average molecular weight is 174 g/mol. The number of nitrogens with two attached hydrogens (primary N) is 1. The summed E-state index contributed by atoms with van der Waals surface area (Å²) in [6, 6.07) is 0.556. The Balaban J connectivity index is 3.58. The van der Waals surface area contributed by atoms with E-state index in [0.29, 0.717) is 12.6 Å². The van der Waals surface area contributed by atoms with Crippen LogP contribution in [0.2, 0.25) is 0 Å². The summed E-state index contributed by atoms with van der Waals surface area (Å²) in [5.74, 6) is 0. The second-order valence-corrected chi connectivity index (χ2v) is 3.40. The van der Waals surface area contributed by atoms with Gasteiger partial charge in [-0.2, -0.15) is 0 Å². The maximum atomic E-state index is 9.23. The van der Waals surface area contributed by atoms with Crippen LogP contribution < -0.4 is 5.73 Å². The molecule has 0 aromatic carbocycles. The number of hydrogen-bond acceptors (Lipinski definition) is 3. The van der Waals surface area contributed by atoms with Crippen LogP contribution in [0.5, 0.6) is 0 Å². The van der Waals surface area contributed by atoms with Crippen molar-refractivity contribution in [2.75, 3.05) is 19.6 Å².